The minimum Gasteiger partial charge on any atom is -0.497 e. The van der Waals surface area contributed by atoms with Crippen molar-refractivity contribution < 1.29 is 18.7 Å². The van der Waals surface area contributed by atoms with Crippen molar-refractivity contribution in [2.75, 3.05) is 30.4 Å². The monoisotopic (exact) mass is 474 g/mol. The Morgan fingerprint density at radius 2 is 1.97 bits per heavy atom. The van der Waals surface area contributed by atoms with E-state index in [9.17, 15) is 14.0 Å². The molecule has 0 bridgehead atoms. The van der Waals surface area contributed by atoms with Crippen LogP contribution in [0.5, 0.6) is 5.75 Å². The molecule has 2 heterocycles. The highest BCUT2D eigenvalue weighted by Crippen LogP contribution is 2.42. The van der Waals surface area contributed by atoms with Gasteiger partial charge in [-0.1, -0.05) is 35.9 Å². The number of ether oxygens (including phenoxy) is 1. The molecule has 35 heavy (non-hydrogen) atoms. The normalized spacial score (nSPS) is 18.8. The predicted octanol–water partition coefficient (Wildman–Crippen LogP) is 3.81. The molecule has 7 nitrogen and oxygen atoms in total. The lowest BCUT2D eigenvalue weighted by atomic mass is 9.87. The maximum atomic E-state index is 14.2. The van der Waals surface area contributed by atoms with Gasteiger partial charge in [0.1, 0.15) is 18.1 Å². The summed E-state index contributed by atoms with van der Waals surface area (Å²) in [6.45, 7) is 2.95. The average Bonchev–Trinajstić information content (AvgIpc) is 3.14. The molecule has 8 heteroatoms. The number of aryl methyl sites for hydroxylation is 1. The number of halogens is 1. The summed E-state index contributed by atoms with van der Waals surface area (Å²) in [7, 11) is 1.55. The summed E-state index contributed by atoms with van der Waals surface area (Å²) in [5.41, 5.74) is 7.62. The van der Waals surface area contributed by atoms with E-state index in [0.29, 0.717) is 24.5 Å². The number of amides is 2. The van der Waals surface area contributed by atoms with Crippen LogP contribution in [0.25, 0.3) is 0 Å². The van der Waals surface area contributed by atoms with Crippen molar-refractivity contribution in [3.8, 4) is 5.75 Å². The number of nitrogens with one attached hydrogen (secondary N) is 2. The number of nitrogens with zero attached hydrogens (tertiary/aromatic N) is 2. The third kappa shape index (κ3) is 4.70. The molecular formula is C27H27FN4O3. The van der Waals surface area contributed by atoms with Gasteiger partial charge in [0, 0.05) is 30.5 Å². The van der Waals surface area contributed by atoms with E-state index in [-0.39, 0.29) is 24.2 Å². The minimum absolute atomic E-state index is 0.161. The molecular weight excluding hydrogens is 447 g/mol. The Morgan fingerprint density at radius 1 is 1.14 bits per heavy atom. The lowest BCUT2D eigenvalue weighted by Gasteiger charge is -2.36. The van der Waals surface area contributed by atoms with Crippen LogP contribution in [0.2, 0.25) is 0 Å². The maximum absolute atomic E-state index is 14.2. The molecule has 1 fully saturated rings. The van der Waals surface area contributed by atoms with Crippen molar-refractivity contribution >= 4 is 23.2 Å². The van der Waals surface area contributed by atoms with Gasteiger partial charge in [-0.25, -0.2) is 9.82 Å². The molecule has 2 amide bonds. The van der Waals surface area contributed by atoms with Gasteiger partial charge < -0.3 is 15.0 Å². The van der Waals surface area contributed by atoms with Gasteiger partial charge in [0.05, 0.1) is 19.1 Å². The van der Waals surface area contributed by atoms with E-state index >= 15 is 0 Å². The Kier molecular flexibility index (Phi) is 6.13. The number of fused-ring (bicyclic) bond motifs is 3. The summed E-state index contributed by atoms with van der Waals surface area (Å²) < 4.78 is 19.4. The fourth-order valence-corrected chi connectivity index (χ4v) is 4.88. The van der Waals surface area contributed by atoms with Crippen LogP contribution in [-0.4, -0.2) is 37.0 Å². The summed E-state index contributed by atoms with van der Waals surface area (Å²) in [5.74, 6) is -0.688. The summed E-state index contributed by atoms with van der Waals surface area (Å²) in [6.07, 6.45) is 0. The molecule has 180 valence electrons. The summed E-state index contributed by atoms with van der Waals surface area (Å²) in [5, 5.41) is 4.14. The number of methoxy groups -OCH3 is 1. The molecule has 0 saturated carbocycles. The van der Waals surface area contributed by atoms with Crippen LogP contribution in [0.3, 0.4) is 0 Å². The maximum Gasteiger partial charge on any atom is 0.245 e. The zero-order chi connectivity index (χ0) is 24.5. The first-order valence-corrected chi connectivity index (χ1v) is 11.5. The largest absolute Gasteiger partial charge is 0.497 e. The van der Waals surface area contributed by atoms with Gasteiger partial charge >= 0.3 is 0 Å². The Balaban J connectivity index is 1.35. The third-order valence-electron chi connectivity index (χ3n) is 6.47. The Bertz CT molecular complexity index is 1280. The number of rotatable bonds is 6. The fraction of sp³-hybridized carbons (Fsp3) is 0.259. The SMILES string of the molecule is COc1cccc(NC(=O)CN2NC3c4cc(F)ccc4N(Cc4cccc(C)c4)CC3C2=O)c1. The predicted molar refractivity (Wildman–Crippen MR) is 131 cm³/mol. The zero-order valence-electron chi connectivity index (χ0n) is 19.6. The van der Waals surface area contributed by atoms with Crippen LogP contribution in [0.4, 0.5) is 15.8 Å². The van der Waals surface area contributed by atoms with Crippen molar-refractivity contribution in [1.82, 2.24) is 10.4 Å². The van der Waals surface area contributed by atoms with Gasteiger partial charge in [0.25, 0.3) is 0 Å². The molecule has 2 atom stereocenters. The van der Waals surface area contributed by atoms with Gasteiger partial charge in [-0.3, -0.25) is 14.6 Å². The number of carbonyl (C=O) groups excluding carboxylic acids is 2. The van der Waals surface area contributed by atoms with Crippen LogP contribution < -0.4 is 20.4 Å². The van der Waals surface area contributed by atoms with Gasteiger partial charge in [0.2, 0.25) is 11.8 Å². The van der Waals surface area contributed by atoms with E-state index < -0.39 is 12.0 Å². The second-order valence-corrected chi connectivity index (χ2v) is 8.99. The Morgan fingerprint density at radius 3 is 2.77 bits per heavy atom. The van der Waals surface area contributed by atoms with Crippen LogP contribution in [0, 0.1) is 18.7 Å². The fourth-order valence-electron chi connectivity index (χ4n) is 4.88. The third-order valence-corrected chi connectivity index (χ3v) is 6.47. The van der Waals surface area contributed by atoms with Gasteiger partial charge in [-0.2, -0.15) is 0 Å². The van der Waals surface area contributed by atoms with Crippen LogP contribution in [0.1, 0.15) is 22.7 Å². The molecule has 5 rings (SSSR count). The lowest BCUT2D eigenvalue weighted by molar-refractivity contribution is -0.135. The van der Waals surface area contributed by atoms with E-state index in [1.807, 2.05) is 25.1 Å². The molecule has 0 radical (unpaired) electrons. The van der Waals surface area contributed by atoms with Crippen molar-refractivity contribution in [3.05, 3.63) is 89.2 Å². The van der Waals surface area contributed by atoms with Crippen molar-refractivity contribution in [2.45, 2.75) is 19.5 Å². The number of hydrazine groups is 1. The summed E-state index contributed by atoms with van der Waals surface area (Å²) >= 11 is 0. The van der Waals surface area contributed by atoms with Crippen molar-refractivity contribution in [3.63, 3.8) is 0 Å². The second-order valence-electron chi connectivity index (χ2n) is 8.99. The molecule has 2 N–H and O–H groups in total. The smallest absolute Gasteiger partial charge is 0.245 e. The van der Waals surface area contributed by atoms with E-state index in [1.54, 1.807) is 37.4 Å². The van der Waals surface area contributed by atoms with Crippen molar-refractivity contribution in [1.29, 1.82) is 0 Å². The molecule has 2 unspecified atom stereocenters. The molecule has 0 aliphatic carbocycles. The first-order valence-electron chi connectivity index (χ1n) is 11.5. The molecule has 2 aliphatic heterocycles. The average molecular weight is 475 g/mol. The van der Waals surface area contributed by atoms with Gasteiger partial charge in [-0.15, -0.1) is 0 Å². The number of hydrogen-bond acceptors (Lipinski definition) is 5. The number of hydrogen-bond donors (Lipinski definition) is 2. The minimum atomic E-state index is -0.432. The molecule has 3 aromatic carbocycles. The number of carbonyl (C=O) groups is 2. The van der Waals surface area contributed by atoms with E-state index in [1.165, 1.54) is 17.1 Å². The number of benzene rings is 3. The van der Waals surface area contributed by atoms with Crippen LogP contribution in [-0.2, 0) is 16.1 Å². The Labute approximate surface area is 203 Å². The van der Waals surface area contributed by atoms with E-state index in [0.717, 1.165) is 22.4 Å². The second kappa shape index (κ2) is 9.38. The zero-order valence-corrected chi connectivity index (χ0v) is 19.6. The standard InChI is InChI=1S/C27H27FN4O3/c1-17-5-3-6-18(11-17)14-31-15-23-26(22-12-19(28)9-10-24(22)31)30-32(27(23)34)16-25(33)29-20-7-4-8-21(13-20)35-2/h3-13,23,26,30H,14-16H2,1-2H3,(H,29,33). The Hall–Kier alpha value is -3.91. The first kappa shape index (κ1) is 22.9. The number of anilines is 2. The van der Waals surface area contributed by atoms with Crippen LogP contribution in [0.15, 0.2) is 66.7 Å². The van der Waals surface area contributed by atoms with Crippen molar-refractivity contribution in [2.24, 2.45) is 5.92 Å². The molecule has 1 saturated heterocycles. The van der Waals surface area contributed by atoms with Crippen LogP contribution >= 0.6 is 0 Å². The highest BCUT2D eigenvalue weighted by atomic mass is 19.1. The van der Waals surface area contributed by atoms with Gasteiger partial charge in [0.15, 0.2) is 0 Å². The molecule has 3 aromatic rings. The molecule has 0 spiro atoms. The molecule has 2 aliphatic rings. The summed E-state index contributed by atoms with van der Waals surface area (Å²) in [4.78, 5) is 28.1. The lowest BCUT2D eigenvalue weighted by Crippen LogP contribution is -2.41. The first-order chi connectivity index (χ1) is 16.9. The van der Waals surface area contributed by atoms with E-state index in [2.05, 4.69) is 21.7 Å². The highest BCUT2D eigenvalue weighted by molar-refractivity contribution is 5.95. The molecule has 0 aromatic heterocycles. The summed E-state index contributed by atoms with van der Waals surface area (Å²) in [6, 6.07) is 19.5. The highest BCUT2D eigenvalue weighted by Gasteiger charge is 2.46. The quantitative estimate of drug-likeness (QED) is 0.569. The van der Waals surface area contributed by atoms with E-state index in [4.69, 9.17) is 4.74 Å². The van der Waals surface area contributed by atoms with Gasteiger partial charge in [-0.05, 0) is 48.4 Å². The topological polar surface area (TPSA) is 73.9 Å².